The summed E-state index contributed by atoms with van der Waals surface area (Å²) >= 11 is 0. The lowest BCUT2D eigenvalue weighted by molar-refractivity contribution is -0.115. The van der Waals surface area contributed by atoms with Gasteiger partial charge in [0.05, 0.1) is 5.70 Å². The van der Waals surface area contributed by atoms with E-state index in [-0.39, 0.29) is 5.91 Å². The molecule has 18 heavy (non-hydrogen) atoms. The van der Waals surface area contributed by atoms with E-state index in [1.807, 2.05) is 36.4 Å². The zero-order valence-electron chi connectivity index (χ0n) is 10.6. The molecule has 1 heterocycles. The van der Waals surface area contributed by atoms with Crippen molar-refractivity contribution in [3.63, 3.8) is 0 Å². The van der Waals surface area contributed by atoms with Crippen LogP contribution < -0.4 is 5.32 Å². The van der Waals surface area contributed by atoms with Crippen molar-refractivity contribution < 1.29 is 9.53 Å². The summed E-state index contributed by atoms with van der Waals surface area (Å²) < 4.78 is 5.68. The third-order valence-corrected chi connectivity index (χ3v) is 2.52. The topological polar surface area (TPSA) is 38.3 Å². The number of carbonyl (C=O) groups is 1. The Morgan fingerprint density at radius 1 is 1.28 bits per heavy atom. The fraction of sp³-hybridized carbons (Fsp3) is 0.267. The fourth-order valence-electron chi connectivity index (χ4n) is 1.74. The van der Waals surface area contributed by atoms with Crippen molar-refractivity contribution in [2.45, 2.75) is 20.5 Å². The van der Waals surface area contributed by atoms with Crippen LogP contribution in [0.25, 0.3) is 0 Å². The molecule has 0 spiro atoms. The van der Waals surface area contributed by atoms with Gasteiger partial charge in [-0.3, -0.25) is 4.79 Å². The average molecular weight is 243 g/mol. The smallest absolute Gasteiger partial charge is 0.252 e. The molecule has 1 aliphatic rings. The van der Waals surface area contributed by atoms with Gasteiger partial charge in [-0.15, -0.1) is 0 Å². The van der Waals surface area contributed by atoms with Gasteiger partial charge in [0.1, 0.15) is 12.4 Å². The van der Waals surface area contributed by atoms with Crippen molar-refractivity contribution in [3.05, 3.63) is 59.5 Å². The third-order valence-electron chi connectivity index (χ3n) is 2.52. The molecule has 3 heteroatoms. The second-order valence-corrected chi connectivity index (χ2v) is 4.60. The summed E-state index contributed by atoms with van der Waals surface area (Å²) in [6.45, 7) is 4.59. The molecule has 0 bridgehead atoms. The van der Waals surface area contributed by atoms with Crippen molar-refractivity contribution in [2.75, 3.05) is 0 Å². The van der Waals surface area contributed by atoms with Gasteiger partial charge in [0.15, 0.2) is 0 Å². The van der Waals surface area contributed by atoms with Crippen LogP contribution in [0.15, 0.2) is 53.9 Å². The number of hydrogen-bond acceptors (Lipinski definition) is 2. The molecule has 0 unspecified atom stereocenters. The SMILES string of the molecule is CC(C)/C=C1\NC(=O)C=C1OCc1ccccc1. The van der Waals surface area contributed by atoms with E-state index in [0.717, 1.165) is 11.3 Å². The number of rotatable bonds is 4. The summed E-state index contributed by atoms with van der Waals surface area (Å²) in [6, 6.07) is 9.90. The van der Waals surface area contributed by atoms with Crippen LogP contribution in [0.3, 0.4) is 0 Å². The van der Waals surface area contributed by atoms with Crippen molar-refractivity contribution in [1.82, 2.24) is 5.32 Å². The Bertz CT molecular complexity index is 486. The first-order valence-electron chi connectivity index (χ1n) is 6.07. The highest BCUT2D eigenvalue weighted by molar-refractivity contribution is 5.94. The Morgan fingerprint density at radius 3 is 2.67 bits per heavy atom. The number of amides is 1. The summed E-state index contributed by atoms with van der Waals surface area (Å²) in [6.07, 6.45) is 3.48. The van der Waals surface area contributed by atoms with Crippen LogP contribution in [0.2, 0.25) is 0 Å². The van der Waals surface area contributed by atoms with Crippen LogP contribution in [0.4, 0.5) is 0 Å². The molecule has 2 rings (SSSR count). The van der Waals surface area contributed by atoms with Gasteiger partial charge in [0.2, 0.25) is 0 Å². The first-order valence-corrected chi connectivity index (χ1v) is 6.07. The second kappa shape index (κ2) is 5.54. The Labute approximate surface area is 107 Å². The van der Waals surface area contributed by atoms with Crippen LogP contribution in [0.5, 0.6) is 0 Å². The lowest BCUT2D eigenvalue weighted by Gasteiger charge is -2.09. The first kappa shape index (κ1) is 12.4. The second-order valence-electron chi connectivity index (χ2n) is 4.60. The van der Waals surface area contributed by atoms with E-state index in [2.05, 4.69) is 19.2 Å². The molecule has 3 nitrogen and oxygen atoms in total. The fourth-order valence-corrected chi connectivity index (χ4v) is 1.74. The number of allylic oxidation sites excluding steroid dienone is 1. The molecule has 0 fully saturated rings. The average Bonchev–Trinajstić information content (AvgIpc) is 2.67. The van der Waals surface area contributed by atoms with Crippen LogP contribution >= 0.6 is 0 Å². The number of carbonyl (C=O) groups excluding carboxylic acids is 1. The Morgan fingerprint density at radius 2 is 2.00 bits per heavy atom. The summed E-state index contributed by atoms with van der Waals surface area (Å²) in [4.78, 5) is 11.3. The zero-order chi connectivity index (χ0) is 13.0. The quantitative estimate of drug-likeness (QED) is 0.883. The summed E-state index contributed by atoms with van der Waals surface area (Å²) in [5, 5.41) is 2.78. The highest BCUT2D eigenvalue weighted by Gasteiger charge is 2.18. The predicted molar refractivity (Wildman–Crippen MR) is 70.4 cm³/mol. The predicted octanol–water partition coefficient (Wildman–Crippen LogP) is 2.76. The maximum absolute atomic E-state index is 11.3. The van der Waals surface area contributed by atoms with Gasteiger partial charge in [-0.1, -0.05) is 50.3 Å². The normalized spacial score (nSPS) is 16.9. The number of benzene rings is 1. The molecule has 1 aliphatic heterocycles. The molecule has 0 atom stereocenters. The Hall–Kier alpha value is -2.03. The minimum atomic E-state index is -0.120. The van der Waals surface area contributed by atoms with Gasteiger partial charge in [-0.2, -0.15) is 0 Å². The lowest BCUT2D eigenvalue weighted by atomic mass is 10.2. The molecule has 1 amide bonds. The van der Waals surface area contributed by atoms with E-state index in [4.69, 9.17) is 4.74 Å². The highest BCUT2D eigenvalue weighted by Crippen LogP contribution is 2.18. The largest absolute Gasteiger partial charge is 0.487 e. The van der Waals surface area contributed by atoms with E-state index < -0.39 is 0 Å². The summed E-state index contributed by atoms with van der Waals surface area (Å²) in [5.41, 5.74) is 1.85. The van der Waals surface area contributed by atoms with Gasteiger partial charge in [0, 0.05) is 6.08 Å². The molecular weight excluding hydrogens is 226 g/mol. The maximum atomic E-state index is 11.3. The highest BCUT2D eigenvalue weighted by atomic mass is 16.5. The van der Waals surface area contributed by atoms with E-state index >= 15 is 0 Å². The van der Waals surface area contributed by atoms with Gasteiger partial charge in [-0.25, -0.2) is 0 Å². The van der Waals surface area contributed by atoms with Crippen LogP contribution in [-0.2, 0) is 16.1 Å². The van der Waals surface area contributed by atoms with Crippen molar-refractivity contribution in [3.8, 4) is 0 Å². The first-order chi connectivity index (χ1) is 8.65. The minimum Gasteiger partial charge on any atom is -0.487 e. The van der Waals surface area contributed by atoms with Crippen LogP contribution in [0.1, 0.15) is 19.4 Å². The lowest BCUT2D eigenvalue weighted by Crippen LogP contribution is -2.14. The molecule has 94 valence electrons. The zero-order valence-corrected chi connectivity index (χ0v) is 10.6. The molecule has 0 saturated heterocycles. The van der Waals surface area contributed by atoms with E-state index in [1.54, 1.807) is 0 Å². The van der Waals surface area contributed by atoms with Crippen molar-refractivity contribution >= 4 is 5.91 Å². The van der Waals surface area contributed by atoms with Crippen LogP contribution in [0, 0.1) is 5.92 Å². The van der Waals surface area contributed by atoms with Gasteiger partial charge < -0.3 is 10.1 Å². The molecule has 0 aliphatic carbocycles. The van der Waals surface area contributed by atoms with E-state index in [1.165, 1.54) is 6.08 Å². The summed E-state index contributed by atoms with van der Waals surface area (Å²) in [7, 11) is 0. The van der Waals surface area contributed by atoms with Gasteiger partial charge in [0.25, 0.3) is 5.91 Å². The third kappa shape index (κ3) is 3.23. The number of nitrogens with one attached hydrogen (secondary N) is 1. The molecule has 1 aromatic carbocycles. The van der Waals surface area contributed by atoms with Crippen molar-refractivity contribution in [2.24, 2.45) is 5.92 Å². The molecule has 1 aromatic rings. The minimum absolute atomic E-state index is 0.120. The van der Waals surface area contributed by atoms with Gasteiger partial charge in [-0.05, 0) is 11.5 Å². The Kier molecular flexibility index (Phi) is 3.82. The molecular formula is C15H17NO2. The van der Waals surface area contributed by atoms with Gasteiger partial charge >= 0.3 is 0 Å². The van der Waals surface area contributed by atoms with Crippen molar-refractivity contribution in [1.29, 1.82) is 0 Å². The number of ether oxygens (including phenoxy) is 1. The number of hydrogen-bond donors (Lipinski definition) is 1. The molecule has 1 N–H and O–H groups in total. The maximum Gasteiger partial charge on any atom is 0.252 e. The summed E-state index contributed by atoms with van der Waals surface area (Å²) in [5.74, 6) is 0.865. The van der Waals surface area contributed by atoms with E-state index in [0.29, 0.717) is 18.3 Å². The Balaban J connectivity index is 2.04. The van der Waals surface area contributed by atoms with Crippen LogP contribution in [-0.4, -0.2) is 5.91 Å². The van der Waals surface area contributed by atoms with E-state index in [9.17, 15) is 4.79 Å². The standard InChI is InChI=1S/C15H17NO2/c1-11(2)8-13-14(9-15(17)16-13)18-10-12-6-4-3-5-7-12/h3-9,11H,10H2,1-2H3,(H,16,17)/b13-8-. The molecule has 0 radical (unpaired) electrons. The molecule has 0 aromatic heterocycles. The molecule has 0 saturated carbocycles. The monoisotopic (exact) mass is 243 g/mol.